The Morgan fingerprint density at radius 3 is 2.39 bits per heavy atom. The number of likely N-dealkylation sites (N-methyl/N-ethyl adjacent to an activating group) is 2. The van der Waals surface area contributed by atoms with Gasteiger partial charge < -0.3 is 9.80 Å². The highest BCUT2D eigenvalue weighted by Gasteiger charge is 2.05. The van der Waals surface area contributed by atoms with E-state index in [9.17, 15) is 4.39 Å². The first-order chi connectivity index (χ1) is 8.56. The summed E-state index contributed by atoms with van der Waals surface area (Å²) in [6, 6.07) is 5.20. The predicted molar refractivity (Wildman–Crippen MR) is 78.2 cm³/mol. The molecule has 102 valence electrons. The highest BCUT2D eigenvalue weighted by atomic mass is 79.9. The summed E-state index contributed by atoms with van der Waals surface area (Å²) in [5, 5.41) is 0. The number of hydrogen-bond donors (Lipinski definition) is 0. The standard InChI is InChI=1S/C14H22BrFN2/c1-4-18(5-2)9-8-17(3)11-12-6-7-14(16)13(15)10-12/h6-7,10H,4-5,8-9,11H2,1-3H3. The van der Waals surface area contributed by atoms with Crippen LogP contribution < -0.4 is 0 Å². The number of halogens is 2. The molecule has 0 aromatic heterocycles. The SMILES string of the molecule is CCN(CC)CCN(C)Cc1ccc(F)c(Br)c1. The van der Waals surface area contributed by atoms with Gasteiger partial charge in [0.1, 0.15) is 5.82 Å². The molecule has 0 heterocycles. The van der Waals surface area contributed by atoms with Crippen molar-refractivity contribution in [1.82, 2.24) is 9.80 Å². The Morgan fingerprint density at radius 2 is 1.83 bits per heavy atom. The van der Waals surface area contributed by atoms with Crippen molar-refractivity contribution in [2.75, 3.05) is 33.2 Å². The maximum Gasteiger partial charge on any atom is 0.137 e. The fourth-order valence-electron chi connectivity index (χ4n) is 1.88. The number of hydrogen-bond acceptors (Lipinski definition) is 2. The molecular formula is C14H22BrFN2. The summed E-state index contributed by atoms with van der Waals surface area (Å²) in [7, 11) is 2.10. The molecule has 1 aromatic carbocycles. The lowest BCUT2D eigenvalue weighted by Gasteiger charge is -2.23. The molecule has 1 rings (SSSR count). The lowest BCUT2D eigenvalue weighted by molar-refractivity contribution is 0.236. The fraction of sp³-hybridized carbons (Fsp3) is 0.571. The van der Waals surface area contributed by atoms with Crippen LogP contribution in [0.5, 0.6) is 0 Å². The molecule has 4 heteroatoms. The van der Waals surface area contributed by atoms with Crippen LogP contribution in [0.1, 0.15) is 19.4 Å². The summed E-state index contributed by atoms with van der Waals surface area (Å²) >= 11 is 3.22. The van der Waals surface area contributed by atoms with Gasteiger partial charge in [-0.15, -0.1) is 0 Å². The molecule has 0 fully saturated rings. The summed E-state index contributed by atoms with van der Waals surface area (Å²) in [6.45, 7) is 9.49. The van der Waals surface area contributed by atoms with Crippen LogP contribution >= 0.6 is 15.9 Å². The van der Waals surface area contributed by atoms with Gasteiger partial charge in [0.25, 0.3) is 0 Å². The van der Waals surface area contributed by atoms with Gasteiger partial charge >= 0.3 is 0 Å². The minimum Gasteiger partial charge on any atom is -0.303 e. The molecule has 0 radical (unpaired) electrons. The largest absolute Gasteiger partial charge is 0.303 e. The van der Waals surface area contributed by atoms with Gasteiger partial charge in [0.2, 0.25) is 0 Å². The first-order valence-corrected chi connectivity index (χ1v) is 7.21. The quantitative estimate of drug-likeness (QED) is 0.761. The van der Waals surface area contributed by atoms with Gasteiger partial charge in [0.15, 0.2) is 0 Å². The molecule has 0 unspecified atom stereocenters. The minimum absolute atomic E-state index is 0.204. The lowest BCUT2D eigenvalue weighted by Crippen LogP contribution is -2.32. The van der Waals surface area contributed by atoms with Gasteiger partial charge in [-0.3, -0.25) is 0 Å². The van der Waals surface area contributed by atoms with E-state index in [1.807, 2.05) is 12.1 Å². The average Bonchev–Trinajstić information content (AvgIpc) is 2.35. The molecule has 0 aliphatic rings. The topological polar surface area (TPSA) is 6.48 Å². The third-order valence-electron chi connectivity index (χ3n) is 3.13. The van der Waals surface area contributed by atoms with Crippen molar-refractivity contribution in [3.63, 3.8) is 0 Å². The molecule has 1 aromatic rings. The minimum atomic E-state index is -0.204. The van der Waals surface area contributed by atoms with E-state index in [0.717, 1.165) is 38.3 Å². The molecule has 0 saturated carbocycles. The molecule has 0 spiro atoms. The van der Waals surface area contributed by atoms with Crippen LogP contribution in [0, 0.1) is 5.82 Å². The number of rotatable bonds is 7. The van der Waals surface area contributed by atoms with Crippen LogP contribution in [0.15, 0.2) is 22.7 Å². The molecule has 2 nitrogen and oxygen atoms in total. The third-order valence-corrected chi connectivity index (χ3v) is 3.74. The zero-order valence-corrected chi connectivity index (χ0v) is 13.0. The second-order valence-electron chi connectivity index (χ2n) is 4.51. The normalized spacial score (nSPS) is 11.5. The lowest BCUT2D eigenvalue weighted by atomic mass is 10.2. The summed E-state index contributed by atoms with van der Waals surface area (Å²) < 4.78 is 13.7. The highest BCUT2D eigenvalue weighted by molar-refractivity contribution is 9.10. The van der Waals surface area contributed by atoms with Gasteiger partial charge in [0, 0.05) is 19.6 Å². The van der Waals surface area contributed by atoms with E-state index < -0.39 is 0 Å². The van der Waals surface area contributed by atoms with Gasteiger partial charge in [-0.05, 0) is 53.8 Å². The Labute approximate surface area is 118 Å². The summed E-state index contributed by atoms with van der Waals surface area (Å²) in [6.07, 6.45) is 0. The monoisotopic (exact) mass is 316 g/mol. The molecule has 0 aliphatic carbocycles. The van der Waals surface area contributed by atoms with Gasteiger partial charge in [-0.2, -0.15) is 0 Å². The van der Waals surface area contributed by atoms with Crippen LogP contribution in [-0.2, 0) is 6.54 Å². The van der Waals surface area contributed by atoms with E-state index in [4.69, 9.17) is 0 Å². The van der Waals surface area contributed by atoms with Crippen molar-refractivity contribution < 1.29 is 4.39 Å². The van der Waals surface area contributed by atoms with Gasteiger partial charge in [0.05, 0.1) is 4.47 Å². The van der Waals surface area contributed by atoms with Crippen LogP contribution in [0.3, 0.4) is 0 Å². The molecule has 0 aliphatic heterocycles. The first kappa shape index (κ1) is 15.6. The molecule has 0 amide bonds. The van der Waals surface area contributed by atoms with Crippen LogP contribution in [0.2, 0.25) is 0 Å². The summed E-state index contributed by atoms with van der Waals surface area (Å²) in [5.41, 5.74) is 1.13. The van der Waals surface area contributed by atoms with Crippen molar-refractivity contribution >= 4 is 15.9 Å². The molecule has 0 saturated heterocycles. The molecular weight excluding hydrogens is 295 g/mol. The van der Waals surface area contributed by atoms with Crippen molar-refractivity contribution in [3.8, 4) is 0 Å². The van der Waals surface area contributed by atoms with Crippen molar-refractivity contribution in [1.29, 1.82) is 0 Å². The van der Waals surface area contributed by atoms with E-state index in [2.05, 4.69) is 46.6 Å². The van der Waals surface area contributed by atoms with Crippen molar-refractivity contribution in [2.24, 2.45) is 0 Å². The van der Waals surface area contributed by atoms with E-state index >= 15 is 0 Å². The second-order valence-corrected chi connectivity index (χ2v) is 5.37. The van der Waals surface area contributed by atoms with Crippen molar-refractivity contribution in [3.05, 3.63) is 34.1 Å². The number of benzene rings is 1. The van der Waals surface area contributed by atoms with Crippen molar-refractivity contribution in [2.45, 2.75) is 20.4 Å². The van der Waals surface area contributed by atoms with E-state index in [1.165, 1.54) is 6.07 Å². The predicted octanol–water partition coefficient (Wildman–Crippen LogP) is 3.36. The Hall–Kier alpha value is -0.450. The smallest absolute Gasteiger partial charge is 0.137 e. The number of nitrogens with zero attached hydrogens (tertiary/aromatic N) is 2. The van der Waals surface area contributed by atoms with E-state index in [1.54, 1.807) is 0 Å². The van der Waals surface area contributed by atoms with Gasteiger partial charge in [-0.25, -0.2) is 4.39 Å². The Balaban J connectivity index is 2.44. The third kappa shape index (κ3) is 5.04. The van der Waals surface area contributed by atoms with Crippen LogP contribution in [-0.4, -0.2) is 43.0 Å². The van der Waals surface area contributed by atoms with E-state index in [0.29, 0.717) is 4.47 Å². The molecule has 0 N–H and O–H groups in total. The Kier molecular flexibility index (Phi) is 6.82. The molecule has 0 atom stereocenters. The van der Waals surface area contributed by atoms with Crippen LogP contribution in [0.25, 0.3) is 0 Å². The Bertz CT molecular complexity index is 367. The second kappa shape index (κ2) is 7.87. The molecule has 18 heavy (non-hydrogen) atoms. The fourth-order valence-corrected chi connectivity index (χ4v) is 2.31. The highest BCUT2D eigenvalue weighted by Crippen LogP contribution is 2.17. The Morgan fingerprint density at radius 1 is 1.17 bits per heavy atom. The molecule has 0 bridgehead atoms. The van der Waals surface area contributed by atoms with E-state index in [-0.39, 0.29) is 5.82 Å². The average molecular weight is 317 g/mol. The summed E-state index contributed by atoms with van der Waals surface area (Å²) in [5.74, 6) is -0.204. The maximum atomic E-state index is 13.1. The first-order valence-electron chi connectivity index (χ1n) is 6.41. The van der Waals surface area contributed by atoms with Gasteiger partial charge in [-0.1, -0.05) is 19.9 Å². The van der Waals surface area contributed by atoms with Crippen LogP contribution in [0.4, 0.5) is 4.39 Å². The zero-order chi connectivity index (χ0) is 13.5. The zero-order valence-electron chi connectivity index (χ0n) is 11.4. The summed E-state index contributed by atoms with van der Waals surface area (Å²) in [4.78, 5) is 4.66. The maximum absolute atomic E-state index is 13.1.